The molecule has 0 aliphatic carbocycles. The Morgan fingerprint density at radius 2 is 1.94 bits per heavy atom. The molecule has 0 heterocycles. The summed E-state index contributed by atoms with van der Waals surface area (Å²) < 4.78 is 5.47. The minimum atomic E-state index is 0.0521. The Morgan fingerprint density at radius 3 is 2.47 bits per heavy atom. The van der Waals surface area contributed by atoms with Crippen LogP contribution in [0.3, 0.4) is 0 Å². The zero-order chi connectivity index (χ0) is 12.7. The second-order valence-corrected chi connectivity index (χ2v) is 4.01. The van der Waals surface area contributed by atoms with Gasteiger partial charge in [0, 0.05) is 19.8 Å². The first-order valence-corrected chi connectivity index (χ1v) is 5.80. The maximum Gasteiger partial charge on any atom is 0.241 e. The Labute approximate surface area is 103 Å². The van der Waals surface area contributed by atoms with Crippen LogP contribution in [0.15, 0.2) is 24.3 Å². The van der Waals surface area contributed by atoms with Crippen LogP contribution in [0.2, 0.25) is 0 Å². The molecule has 17 heavy (non-hydrogen) atoms. The molecular formula is C13H20N2O2. The number of hydrogen-bond donors (Lipinski definition) is 1. The first kappa shape index (κ1) is 13.4. The Kier molecular flexibility index (Phi) is 5.33. The first-order valence-electron chi connectivity index (χ1n) is 5.80. The van der Waals surface area contributed by atoms with E-state index in [9.17, 15) is 4.79 Å². The topological polar surface area (TPSA) is 41.6 Å². The molecule has 0 bridgehead atoms. The molecule has 0 atom stereocenters. The molecule has 1 N–H and O–H groups in total. The zero-order valence-electron chi connectivity index (χ0n) is 10.7. The van der Waals surface area contributed by atoms with Crippen LogP contribution in [0.5, 0.6) is 5.75 Å². The number of anilines is 1. The van der Waals surface area contributed by atoms with Gasteiger partial charge >= 0.3 is 0 Å². The number of ether oxygens (including phenoxy) is 1. The fraction of sp³-hybridized carbons (Fsp3) is 0.462. The third-order valence-electron chi connectivity index (χ3n) is 2.27. The van der Waals surface area contributed by atoms with Gasteiger partial charge < -0.3 is 15.0 Å². The van der Waals surface area contributed by atoms with Crippen LogP contribution in [0, 0.1) is 0 Å². The van der Waals surface area contributed by atoms with E-state index in [0.717, 1.165) is 24.5 Å². The summed E-state index contributed by atoms with van der Waals surface area (Å²) in [6.45, 7) is 3.11. The predicted molar refractivity (Wildman–Crippen MR) is 69.4 cm³/mol. The molecule has 4 heteroatoms. The van der Waals surface area contributed by atoms with Crippen LogP contribution in [-0.4, -0.2) is 38.1 Å². The lowest BCUT2D eigenvalue weighted by Crippen LogP contribution is -2.28. The van der Waals surface area contributed by atoms with Crippen molar-refractivity contribution in [2.75, 3.05) is 32.6 Å². The Hall–Kier alpha value is -1.71. The molecule has 1 aromatic rings. The molecule has 0 fully saturated rings. The summed E-state index contributed by atoms with van der Waals surface area (Å²) in [5.41, 5.74) is 0.920. The van der Waals surface area contributed by atoms with Crippen molar-refractivity contribution in [3.63, 3.8) is 0 Å². The molecule has 0 aromatic heterocycles. The van der Waals surface area contributed by atoms with Gasteiger partial charge in [-0.25, -0.2) is 0 Å². The van der Waals surface area contributed by atoms with E-state index >= 15 is 0 Å². The van der Waals surface area contributed by atoms with Crippen LogP contribution in [-0.2, 0) is 4.79 Å². The molecule has 4 nitrogen and oxygen atoms in total. The largest absolute Gasteiger partial charge is 0.494 e. The Bertz CT molecular complexity index is 347. The second kappa shape index (κ2) is 6.78. The summed E-state index contributed by atoms with van der Waals surface area (Å²) in [6.07, 6.45) is 0.997. The van der Waals surface area contributed by atoms with Gasteiger partial charge in [-0.15, -0.1) is 0 Å². The van der Waals surface area contributed by atoms with Crippen LogP contribution in [0.1, 0.15) is 13.3 Å². The second-order valence-electron chi connectivity index (χ2n) is 4.01. The van der Waals surface area contributed by atoms with Gasteiger partial charge in [-0.1, -0.05) is 6.92 Å². The number of nitrogens with one attached hydrogen (secondary N) is 1. The molecule has 94 valence electrons. The molecular weight excluding hydrogens is 216 g/mol. The third-order valence-corrected chi connectivity index (χ3v) is 2.27. The van der Waals surface area contributed by atoms with Gasteiger partial charge in [-0.05, 0) is 30.7 Å². The highest BCUT2D eigenvalue weighted by Crippen LogP contribution is 2.15. The van der Waals surface area contributed by atoms with Gasteiger partial charge in [0.25, 0.3) is 0 Å². The number of benzene rings is 1. The first-order chi connectivity index (χ1) is 8.13. The van der Waals surface area contributed by atoms with E-state index in [1.807, 2.05) is 24.3 Å². The summed E-state index contributed by atoms with van der Waals surface area (Å²) in [5, 5.41) is 3.06. The normalized spacial score (nSPS) is 9.82. The molecule has 0 radical (unpaired) electrons. The predicted octanol–water partition coefficient (Wildman–Crippen LogP) is 1.98. The van der Waals surface area contributed by atoms with E-state index in [0.29, 0.717) is 6.54 Å². The van der Waals surface area contributed by atoms with E-state index in [1.165, 1.54) is 0 Å². The van der Waals surface area contributed by atoms with E-state index in [4.69, 9.17) is 4.74 Å². The lowest BCUT2D eigenvalue weighted by Gasteiger charge is -2.12. The SMILES string of the molecule is CCCOc1ccc(NCC(=O)N(C)C)cc1. The fourth-order valence-corrected chi connectivity index (χ4v) is 1.22. The smallest absolute Gasteiger partial charge is 0.241 e. The molecule has 0 unspecified atom stereocenters. The monoisotopic (exact) mass is 236 g/mol. The lowest BCUT2D eigenvalue weighted by atomic mass is 10.3. The summed E-state index contributed by atoms with van der Waals surface area (Å²) in [6, 6.07) is 7.62. The van der Waals surface area contributed by atoms with Crippen molar-refractivity contribution in [1.82, 2.24) is 4.90 Å². The fourth-order valence-electron chi connectivity index (χ4n) is 1.22. The van der Waals surface area contributed by atoms with Crippen LogP contribution in [0.4, 0.5) is 5.69 Å². The van der Waals surface area contributed by atoms with E-state index in [-0.39, 0.29) is 5.91 Å². The summed E-state index contributed by atoms with van der Waals surface area (Å²) in [4.78, 5) is 12.9. The lowest BCUT2D eigenvalue weighted by molar-refractivity contribution is -0.126. The van der Waals surface area contributed by atoms with Crippen molar-refractivity contribution in [1.29, 1.82) is 0 Å². The van der Waals surface area contributed by atoms with Crippen molar-refractivity contribution in [2.24, 2.45) is 0 Å². The summed E-state index contributed by atoms with van der Waals surface area (Å²) >= 11 is 0. The molecule has 0 aliphatic heterocycles. The summed E-state index contributed by atoms with van der Waals surface area (Å²) in [5.74, 6) is 0.910. The molecule has 1 rings (SSSR count). The number of likely N-dealkylation sites (N-methyl/N-ethyl adjacent to an activating group) is 1. The number of carbonyl (C=O) groups is 1. The van der Waals surface area contributed by atoms with Gasteiger partial charge in [0.1, 0.15) is 5.75 Å². The van der Waals surface area contributed by atoms with Gasteiger partial charge in [0.05, 0.1) is 13.2 Å². The van der Waals surface area contributed by atoms with Crippen molar-refractivity contribution in [2.45, 2.75) is 13.3 Å². The standard InChI is InChI=1S/C13H20N2O2/c1-4-9-17-12-7-5-11(6-8-12)14-10-13(16)15(2)3/h5-8,14H,4,9-10H2,1-3H3. The number of amides is 1. The molecule has 1 amide bonds. The van der Waals surface area contributed by atoms with Gasteiger partial charge in [-0.3, -0.25) is 4.79 Å². The van der Waals surface area contributed by atoms with Crippen LogP contribution >= 0.6 is 0 Å². The number of nitrogens with zero attached hydrogens (tertiary/aromatic N) is 1. The minimum Gasteiger partial charge on any atom is -0.494 e. The highest BCUT2D eigenvalue weighted by molar-refractivity contribution is 5.80. The van der Waals surface area contributed by atoms with Crippen molar-refractivity contribution >= 4 is 11.6 Å². The van der Waals surface area contributed by atoms with Crippen molar-refractivity contribution < 1.29 is 9.53 Å². The van der Waals surface area contributed by atoms with Gasteiger partial charge in [0.2, 0.25) is 5.91 Å². The molecule has 1 aromatic carbocycles. The number of rotatable bonds is 6. The Balaban J connectivity index is 2.42. The highest BCUT2D eigenvalue weighted by atomic mass is 16.5. The summed E-state index contributed by atoms with van der Waals surface area (Å²) in [7, 11) is 3.48. The number of carbonyl (C=O) groups excluding carboxylic acids is 1. The third kappa shape index (κ3) is 4.76. The van der Waals surface area contributed by atoms with E-state index in [1.54, 1.807) is 19.0 Å². The van der Waals surface area contributed by atoms with Crippen LogP contribution in [0.25, 0.3) is 0 Å². The van der Waals surface area contributed by atoms with Gasteiger partial charge in [-0.2, -0.15) is 0 Å². The quantitative estimate of drug-likeness (QED) is 0.821. The molecule has 0 saturated carbocycles. The number of hydrogen-bond acceptors (Lipinski definition) is 3. The Morgan fingerprint density at radius 1 is 1.29 bits per heavy atom. The highest BCUT2D eigenvalue weighted by Gasteiger charge is 2.02. The van der Waals surface area contributed by atoms with E-state index in [2.05, 4.69) is 12.2 Å². The maximum absolute atomic E-state index is 11.4. The average molecular weight is 236 g/mol. The van der Waals surface area contributed by atoms with Crippen molar-refractivity contribution in [3.05, 3.63) is 24.3 Å². The molecule has 0 aliphatic rings. The minimum absolute atomic E-state index is 0.0521. The van der Waals surface area contributed by atoms with Crippen molar-refractivity contribution in [3.8, 4) is 5.75 Å². The maximum atomic E-state index is 11.4. The van der Waals surface area contributed by atoms with Crippen LogP contribution < -0.4 is 10.1 Å². The molecule has 0 saturated heterocycles. The molecule has 0 spiro atoms. The zero-order valence-corrected chi connectivity index (χ0v) is 10.7. The van der Waals surface area contributed by atoms with E-state index < -0.39 is 0 Å². The average Bonchev–Trinajstić information content (AvgIpc) is 2.34. The van der Waals surface area contributed by atoms with Gasteiger partial charge in [0.15, 0.2) is 0 Å².